The first-order valence-electron chi connectivity index (χ1n) is 11.0. The van der Waals surface area contributed by atoms with Crippen molar-refractivity contribution < 1.29 is 18.3 Å². The number of benzene rings is 2. The summed E-state index contributed by atoms with van der Waals surface area (Å²) in [4.78, 5) is 14.8. The topological polar surface area (TPSA) is 77.9 Å². The molecule has 2 saturated heterocycles. The lowest BCUT2D eigenvalue weighted by atomic mass is 9.74. The van der Waals surface area contributed by atoms with Crippen molar-refractivity contribution in [3.8, 4) is 11.8 Å². The molecule has 2 aliphatic heterocycles. The average Bonchev–Trinajstić information content (AvgIpc) is 3.59. The van der Waals surface area contributed by atoms with Gasteiger partial charge in [0.1, 0.15) is 0 Å². The Morgan fingerprint density at radius 1 is 1.09 bits per heavy atom. The molecule has 0 radical (unpaired) electrons. The minimum Gasteiger partial charge on any atom is -0.394 e. The summed E-state index contributed by atoms with van der Waals surface area (Å²) >= 11 is 0. The highest BCUT2D eigenvalue weighted by Gasteiger charge is 2.55. The van der Waals surface area contributed by atoms with Gasteiger partial charge in [-0.1, -0.05) is 42.2 Å². The normalized spacial score (nSPS) is 25.5. The smallest absolute Gasteiger partial charge is 0.243 e. The fraction of sp³-hybridized carbons (Fsp3) is 0.400. The van der Waals surface area contributed by atoms with Crippen LogP contribution in [0.5, 0.6) is 0 Å². The van der Waals surface area contributed by atoms with Gasteiger partial charge in [-0.2, -0.15) is 4.31 Å². The molecule has 2 aromatic carbocycles. The molecule has 6 nitrogen and oxygen atoms in total. The third kappa shape index (κ3) is 3.62. The van der Waals surface area contributed by atoms with E-state index in [-0.39, 0.29) is 48.5 Å². The molecule has 1 aliphatic carbocycles. The van der Waals surface area contributed by atoms with Crippen molar-refractivity contribution >= 4 is 15.9 Å². The largest absolute Gasteiger partial charge is 0.394 e. The summed E-state index contributed by atoms with van der Waals surface area (Å²) in [6.45, 7) is 1.62. The fourth-order valence-corrected chi connectivity index (χ4v) is 6.47. The van der Waals surface area contributed by atoms with Crippen molar-refractivity contribution in [3.63, 3.8) is 0 Å². The minimum absolute atomic E-state index is 0.121. The fourth-order valence-electron chi connectivity index (χ4n) is 4.84. The summed E-state index contributed by atoms with van der Waals surface area (Å²) in [5.41, 5.74) is 2.59. The quantitative estimate of drug-likeness (QED) is 0.724. The van der Waals surface area contributed by atoms with Crippen LogP contribution in [0.25, 0.3) is 0 Å². The van der Waals surface area contributed by atoms with Crippen molar-refractivity contribution in [1.82, 2.24) is 9.21 Å². The number of fused-ring (bicyclic) bond motifs is 1. The predicted molar refractivity (Wildman–Crippen MR) is 120 cm³/mol. The molecule has 1 amide bonds. The number of hydrogen-bond donors (Lipinski definition) is 1. The Labute approximate surface area is 188 Å². The lowest BCUT2D eigenvalue weighted by Crippen LogP contribution is -2.73. The Morgan fingerprint density at radius 2 is 1.81 bits per heavy atom. The highest BCUT2D eigenvalue weighted by atomic mass is 32.2. The lowest BCUT2D eigenvalue weighted by Gasteiger charge is -2.58. The molecule has 0 spiro atoms. The summed E-state index contributed by atoms with van der Waals surface area (Å²) in [5.74, 6) is 6.59. The van der Waals surface area contributed by atoms with E-state index in [9.17, 15) is 18.3 Å². The van der Waals surface area contributed by atoms with Gasteiger partial charge in [-0.3, -0.25) is 4.79 Å². The van der Waals surface area contributed by atoms with E-state index in [1.165, 1.54) is 17.1 Å². The van der Waals surface area contributed by atoms with Crippen molar-refractivity contribution in [2.45, 2.75) is 42.7 Å². The number of piperazine rings is 1. The first-order valence-corrected chi connectivity index (χ1v) is 12.4. The zero-order chi connectivity index (χ0) is 22.5. The second kappa shape index (κ2) is 8.04. The monoisotopic (exact) mass is 450 g/mol. The number of carbonyl (C=O) groups excluding carboxylic acids is 1. The molecule has 2 aromatic rings. The van der Waals surface area contributed by atoms with E-state index in [1.807, 2.05) is 24.3 Å². The van der Waals surface area contributed by atoms with Gasteiger partial charge in [0.05, 0.1) is 30.1 Å². The Hall–Kier alpha value is -2.66. The molecule has 1 N–H and O–H groups in total. The van der Waals surface area contributed by atoms with Crippen LogP contribution in [0.4, 0.5) is 0 Å². The van der Waals surface area contributed by atoms with Gasteiger partial charge in [0, 0.05) is 23.9 Å². The molecule has 5 rings (SSSR count). The summed E-state index contributed by atoms with van der Waals surface area (Å²) in [6.07, 6.45) is 2.36. The van der Waals surface area contributed by atoms with E-state index >= 15 is 0 Å². The zero-order valence-electron chi connectivity index (χ0n) is 17.9. The van der Waals surface area contributed by atoms with Gasteiger partial charge in [-0.25, -0.2) is 8.42 Å². The first kappa shape index (κ1) is 21.2. The van der Waals surface area contributed by atoms with Crippen LogP contribution in [-0.2, 0) is 14.8 Å². The maximum atomic E-state index is 13.3. The number of amides is 1. The van der Waals surface area contributed by atoms with Crippen molar-refractivity contribution in [3.05, 3.63) is 65.2 Å². The second-order valence-electron chi connectivity index (χ2n) is 8.87. The van der Waals surface area contributed by atoms with Crippen LogP contribution in [0.15, 0.2) is 53.4 Å². The van der Waals surface area contributed by atoms with Gasteiger partial charge in [0.25, 0.3) is 0 Å². The standard InChI is InChI=1S/C25H26N2O4S/c1-17-4-2-3-5-23(17)32(30,31)26-14-21-25(22(16-28)27(21)24(29)15-26)20-12-10-19(11-13-20)9-8-18-6-7-18/h2-5,10-13,18,21-22,25,28H,6-7,14-16H2,1H3/t21-,22-,25+/m0/s1. The van der Waals surface area contributed by atoms with Gasteiger partial charge in [-0.05, 0) is 49.1 Å². The maximum Gasteiger partial charge on any atom is 0.243 e. The van der Waals surface area contributed by atoms with Crippen LogP contribution in [0.1, 0.15) is 35.4 Å². The number of carbonyl (C=O) groups is 1. The molecule has 0 aromatic heterocycles. The molecule has 0 unspecified atom stereocenters. The Bertz CT molecular complexity index is 1210. The Morgan fingerprint density at radius 3 is 2.47 bits per heavy atom. The molecular weight excluding hydrogens is 424 g/mol. The lowest BCUT2D eigenvalue weighted by molar-refractivity contribution is -0.158. The van der Waals surface area contributed by atoms with E-state index in [0.29, 0.717) is 11.5 Å². The van der Waals surface area contributed by atoms with E-state index in [1.54, 1.807) is 36.1 Å². The number of sulfonamides is 1. The summed E-state index contributed by atoms with van der Waals surface area (Å²) in [5, 5.41) is 9.97. The number of hydrogen-bond acceptors (Lipinski definition) is 4. The van der Waals surface area contributed by atoms with Crippen LogP contribution in [-0.4, -0.2) is 60.4 Å². The van der Waals surface area contributed by atoms with Crippen LogP contribution in [0, 0.1) is 24.7 Å². The Kier molecular flexibility index (Phi) is 5.32. The van der Waals surface area contributed by atoms with E-state index in [2.05, 4.69) is 11.8 Å². The van der Waals surface area contributed by atoms with E-state index in [4.69, 9.17) is 0 Å². The van der Waals surface area contributed by atoms with Crippen LogP contribution >= 0.6 is 0 Å². The maximum absolute atomic E-state index is 13.3. The number of rotatable bonds is 4. The number of aliphatic hydroxyl groups is 1. The van der Waals surface area contributed by atoms with Gasteiger partial charge < -0.3 is 10.0 Å². The molecule has 1 saturated carbocycles. The van der Waals surface area contributed by atoms with E-state index in [0.717, 1.165) is 11.1 Å². The molecule has 32 heavy (non-hydrogen) atoms. The summed E-state index contributed by atoms with van der Waals surface area (Å²) in [7, 11) is -3.79. The molecule has 0 bridgehead atoms. The van der Waals surface area contributed by atoms with Crippen LogP contribution in [0.2, 0.25) is 0 Å². The SMILES string of the molecule is Cc1ccccc1S(=O)(=O)N1CC(=O)N2[C@@H](CO)[C@H](c3ccc(C#CC4CC4)cc3)[C@@H]2C1. The first-order chi connectivity index (χ1) is 15.4. The number of aryl methyl sites for hydroxylation is 1. The van der Waals surface area contributed by atoms with Crippen LogP contribution in [0.3, 0.4) is 0 Å². The average molecular weight is 451 g/mol. The molecular formula is C25H26N2O4S. The van der Waals surface area contributed by atoms with Gasteiger partial charge in [-0.15, -0.1) is 0 Å². The van der Waals surface area contributed by atoms with Crippen LogP contribution < -0.4 is 0 Å². The third-order valence-corrected chi connectivity index (χ3v) is 8.70. The van der Waals surface area contributed by atoms with Crippen molar-refractivity contribution in [1.29, 1.82) is 0 Å². The zero-order valence-corrected chi connectivity index (χ0v) is 18.8. The van der Waals surface area contributed by atoms with Crippen molar-refractivity contribution in [2.24, 2.45) is 5.92 Å². The highest BCUT2D eigenvalue weighted by molar-refractivity contribution is 7.89. The second-order valence-corrected chi connectivity index (χ2v) is 10.8. The molecule has 166 valence electrons. The Balaban J connectivity index is 1.41. The van der Waals surface area contributed by atoms with Crippen molar-refractivity contribution in [2.75, 3.05) is 19.7 Å². The molecule has 3 aliphatic rings. The van der Waals surface area contributed by atoms with Gasteiger partial charge in [0.2, 0.25) is 15.9 Å². The third-order valence-electron chi connectivity index (χ3n) is 6.73. The minimum atomic E-state index is -3.79. The number of aliphatic hydroxyl groups excluding tert-OH is 1. The number of nitrogens with zero attached hydrogens (tertiary/aromatic N) is 2. The van der Waals surface area contributed by atoms with Gasteiger partial charge >= 0.3 is 0 Å². The highest BCUT2D eigenvalue weighted by Crippen LogP contribution is 2.43. The molecule has 3 fully saturated rings. The predicted octanol–water partition coefficient (Wildman–Crippen LogP) is 2.12. The summed E-state index contributed by atoms with van der Waals surface area (Å²) in [6, 6.07) is 14.1. The van der Waals surface area contributed by atoms with Gasteiger partial charge in [0.15, 0.2) is 0 Å². The summed E-state index contributed by atoms with van der Waals surface area (Å²) < 4.78 is 27.9. The molecule has 7 heteroatoms. The molecule has 2 heterocycles. The van der Waals surface area contributed by atoms with E-state index < -0.39 is 10.0 Å². The molecule has 3 atom stereocenters.